The molecule has 1 fully saturated rings. The van der Waals surface area contributed by atoms with E-state index in [1.54, 1.807) is 11.8 Å². The minimum absolute atomic E-state index is 0.0532. The minimum atomic E-state index is 0.0532. The van der Waals surface area contributed by atoms with E-state index in [9.17, 15) is 4.79 Å². The second kappa shape index (κ2) is 6.96. The lowest BCUT2D eigenvalue weighted by molar-refractivity contribution is 0.0927. The van der Waals surface area contributed by atoms with Crippen molar-refractivity contribution in [2.45, 2.75) is 42.9 Å². The first kappa shape index (κ1) is 14.4. The van der Waals surface area contributed by atoms with Gasteiger partial charge in [0, 0.05) is 22.7 Å². The summed E-state index contributed by atoms with van der Waals surface area (Å²) in [5.41, 5.74) is 0.798. The van der Waals surface area contributed by atoms with Crippen molar-refractivity contribution in [1.29, 1.82) is 0 Å². The predicted octanol–water partition coefficient (Wildman–Crippen LogP) is 2.67. The molecular weight excluding hydrogens is 256 g/mol. The monoisotopic (exact) mass is 278 g/mol. The topological polar surface area (TPSA) is 41.1 Å². The Balaban J connectivity index is 2.05. The van der Waals surface area contributed by atoms with E-state index in [-0.39, 0.29) is 11.9 Å². The molecular formula is C15H22N2OS. The molecule has 19 heavy (non-hydrogen) atoms. The zero-order valence-corrected chi connectivity index (χ0v) is 12.4. The van der Waals surface area contributed by atoms with Crippen LogP contribution >= 0.6 is 11.8 Å². The van der Waals surface area contributed by atoms with E-state index in [1.165, 1.54) is 0 Å². The molecule has 1 heterocycles. The first-order chi connectivity index (χ1) is 9.16. The number of carbonyl (C=O) groups is 1. The van der Waals surface area contributed by atoms with Gasteiger partial charge in [-0.2, -0.15) is 0 Å². The summed E-state index contributed by atoms with van der Waals surface area (Å²) in [6, 6.07) is 8.12. The van der Waals surface area contributed by atoms with Gasteiger partial charge in [0.25, 0.3) is 5.91 Å². The summed E-state index contributed by atoms with van der Waals surface area (Å²) in [6.07, 6.45) is 2.20. The van der Waals surface area contributed by atoms with Crippen LogP contribution in [-0.2, 0) is 0 Å². The highest BCUT2D eigenvalue weighted by Gasteiger charge is 2.18. The number of thioether (sulfide) groups is 1. The van der Waals surface area contributed by atoms with Gasteiger partial charge in [0.1, 0.15) is 0 Å². The van der Waals surface area contributed by atoms with Crippen molar-refractivity contribution in [2.24, 2.45) is 0 Å². The number of carbonyl (C=O) groups excluding carboxylic acids is 1. The van der Waals surface area contributed by atoms with Crippen LogP contribution in [0.1, 0.15) is 37.0 Å². The number of hydrogen-bond acceptors (Lipinski definition) is 3. The van der Waals surface area contributed by atoms with Crippen LogP contribution in [0.25, 0.3) is 0 Å². The number of rotatable bonds is 4. The lowest BCUT2D eigenvalue weighted by Gasteiger charge is -2.24. The Morgan fingerprint density at radius 1 is 1.42 bits per heavy atom. The van der Waals surface area contributed by atoms with Crippen molar-refractivity contribution in [3.8, 4) is 0 Å². The summed E-state index contributed by atoms with van der Waals surface area (Å²) < 4.78 is 0. The Hall–Kier alpha value is -1.00. The first-order valence-electron chi connectivity index (χ1n) is 6.94. The quantitative estimate of drug-likeness (QED) is 0.832. The molecule has 0 spiro atoms. The van der Waals surface area contributed by atoms with Crippen molar-refractivity contribution in [1.82, 2.24) is 10.6 Å². The van der Waals surface area contributed by atoms with Gasteiger partial charge >= 0.3 is 0 Å². The summed E-state index contributed by atoms with van der Waals surface area (Å²) in [5, 5.41) is 6.93. The molecule has 1 aromatic rings. The highest BCUT2D eigenvalue weighted by atomic mass is 32.2. The summed E-state index contributed by atoms with van der Waals surface area (Å²) >= 11 is 1.74. The van der Waals surface area contributed by atoms with Gasteiger partial charge in [-0.05, 0) is 31.5 Å². The van der Waals surface area contributed by atoms with Gasteiger partial charge in [-0.15, -0.1) is 11.8 Å². The molecule has 1 atom stereocenters. The van der Waals surface area contributed by atoms with Crippen LogP contribution in [0.5, 0.6) is 0 Å². The van der Waals surface area contributed by atoms with Crippen molar-refractivity contribution >= 4 is 17.7 Å². The number of hydrogen-bond donors (Lipinski definition) is 2. The Morgan fingerprint density at radius 3 is 2.89 bits per heavy atom. The van der Waals surface area contributed by atoms with E-state index in [0.717, 1.165) is 36.4 Å². The Morgan fingerprint density at radius 2 is 2.21 bits per heavy atom. The molecule has 1 aliphatic rings. The Kier molecular flexibility index (Phi) is 5.28. The van der Waals surface area contributed by atoms with E-state index in [1.807, 2.05) is 24.3 Å². The van der Waals surface area contributed by atoms with Crippen molar-refractivity contribution in [3.05, 3.63) is 29.8 Å². The SMILES string of the molecule is CC(C)Sc1ccccc1C(=O)N[C@H]1CCCNC1. The van der Waals surface area contributed by atoms with Gasteiger partial charge in [-0.1, -0.05) is 26.0 Å². The molecule has 0 unspecified atom stereocenters. The molecule has 0 bridgehead atoms. The Bertz CT molecular complexity index is 428. The standard InChI is InChI=1S/C15H22N2OS/c1-11(2)19-14-8-4-3-7-13(14)15(18)17-12-6-5-9-16-10-12/h3-4,7-8,11-12,16H,5-6,9-10H2,1-2H3,(H,17,18)/t12-/m0/s1. The molecule has 3 nitrogen and oxygen atoms in total. The summed E-state index contributed by atoms with van der Waals surface area (Å²) in [7, 11) is 0. The third kappa shape index (κ3) is 4.25. The van der Waals surface area contributed by atoms with E-state index in [0.29, 0.717) is 5.25 Å². The lowest BCUT2D eigenvalue weighted by Crippen LogP contribution is -2.45. The van der Waals surface area contributed by atoms with Crippen molar-refractivity contribution in [3.63, 3.8) is 0 Å². The second-order valence-corrected chi connectivity index (χ2v) is 6.80. The molecule has 2 rings (SSSR count). The fraction of sp³-hybridized carbons (Fsp3) is 0.533. The van der Waals surface area contributed by atoms with Crippen LogP contribution in [0.2, 0.25) is 0 Å². The fourth-order valence-corrected chi connectivity index (χ4v) is 3.20. The molecule has 0 radical (unpaired) electrons. The number of benzene rings is 1. The maximum absolute atomic E-state index is 12.4. The molecule has 1 saturated heterocycles. The van der Waals surface area contributed by atoms with E-state index < -0.39 is 0 Å². The molecule has 1 aromatic carbocycles. The molecule has 0 aliphatic carbocycles. The third-order valence-electron chi connectivity index (χ3n) is 3.13. The average Bonchev–Trinajstić information content (AvgIpc) is 2.39. The van der Waals surface area contributed by atoms with Crippen molar-refractivity contribution in [2.75, 3.05) is 13.1 Å². The van der Waals surface area contributed by atoms with E-state index >= 15 is 0 Å². The van der Waals surface area contributed by atoms with Crippen LogP contribution < -0.4 is 10.6 Å². The number of piperidine rings is 1. The first-order valence-corrected chi connectivity index (χ1v) is 7.82. The maximum atomic E-state index is 12.4. The van der Waals surface area contributed by atoms with Gasteiger partial charge in [-0.25, -0.2) is 0 Å². The molecule has 0 aromatic heterocycles. The van der Waals surface area contributed by atoms with Crippen LogP contribution in [0.3, 0.4) is 0 Å². The minimum Gasteiger partial charge on any atom is -0.348 e. The smallest absolute Gasteiger partial charge is 0.252 e. The molecule has 104 valence electrons. The molecule has 2 N–H and O–H groups in total. The fourth-order valence-electron chi connectivity index (χ4n) is 2.25. The molecule has 1 amide bonds. The second-order valence-electron chi connectivity index (χ2n) is 5.18. The van der Waals surface area contributed by atoms with Gasteiger partial charge in [-0.3, -0.25) is 4.79 Å². The van der Waals surface area contributed by atoms with E-state index in [4.69, 9.17) is 0 Å². The molecule has 1 aliphatic heterocycles. The van der Waals surface area contributed by atoms with E-state index in [2.05, 4.69) is 24.5 Å². The number of nitrogens with one attached hydrogen (secondary N) is 2. The predicted molar refractivity (Wildman–Crippen MR) is 80.8 cm³/mol. The highest BCUT2D eigenvalue weighted by molar-refractivity contribution is 8.00. The van der Waals surface area contributed by atoms with Gasteiger partial charge in [0.2, 0.25) is 0 Å². The average molecular weight is 278 g/mol. The summed E-state index contributed by atoms with van der Waals surface area (Å²) in [6.45, 7) is 6.23. The van der Waals surface area contributed by atoms with Crippen LogP contribution in [0, 0.1) is 0 Å². The van der Waals surface area contributed by atoms with Crippen LogP contribution in [-0.4, -0.2) is 30.3 Å². The number of amides is 1. The van der Waals surface area contributed by atoms with Crippen LogP contribution in [0.4, 0.5) is 0 Å². The third-order valence-corrected chi connectivity index (χ3v) is 4.21. The summed E-state index contributed by atoms with van der Waals surface area (Å²) in [5.74, 6) is 0.0532. The molecule has 0 saturated carbocycles. The zero-order chi connectivity index (χ0) is 13.7. The van der Waals surface area contributed by atoms with Gasteiger partial charge in [0.15, 0.2) is 0 Å². The Labute approximate surface area is 119 Å². The normalized spacial score (nSPS) is 19.4. The van der Waals surface area contributed by atoms with Gasteiger partial charge in [0.05, 0.1) is 5.56 Å². The highest BCUT2D eigenvalue weighted by Crippen LogP contribution is 2.26. The van der Waals surface area contributed by atoms with Crippen LogP contribution in [0.15, 0.2) is 29.2 Å². The zero-order valence-electron chi connectivity index (χ0n) is 11.6. The maximum Gasteiger partial charge on any atom is 0.252 e. The molecule has 4 heteroatoms. The van der Waals surface area contributed by atoms with Gasteiger partial charge < -0.3 is 10.6 Å². The largest absolute Gasteiger partial charge is 0.348 e. The summed E-state index contributed by atoms with van der Waals surface area (Å²) in [4.78, 5) is 13.4. The van der Waals surface area contributed by atoms with Crippen molar-refractivity contribution < 1.29 is 4.79 Å². The lowest BCUT2D eigenvalue weighted by atomic mass is 10.1.